The molecule has 22 heavy (non-hydrogen) atoms. The van der Waals surface area contributed by atoms with Crippen molar-refractivity contribution >= 4 is 33.2 Å². The summed E-state index contributed by atoms with van der Waals surface area (Å²) in [5, 5.41) is 1.39. The Morgan fingerprint density at radius 1 is 1.50 bits per heavy atom. The molecule has 1 amide bonds. The lowest BCUT2D eigenvalue weighted by molar-refractivity contribution is -0.149. The van der Waals surface area contributed by atoms with E-state index in [-0.39, 0.29) is 28.9 Å². The molecule has 1 fully saturated rings. The normalized spacial score (nSPS) is 19.8. The number of carbonyl (C=O) groups is 2. The predicted octanol–water partition coefficient (Wildman–Crippen LogP) is 0.811. The number of primary amides is 1. The minimum atomic E-state index is -3.73. The van der Waals surface area contributed by atoms with Gasteiger partial charge >= 0.3 is 5.97 Å². The summed E-state index contributed by atoms with van der Waals surface area (Å²) in [6.07, 6.45) is 1.20. The first-order valence-electron chi connectivity index (χ1n) is 6.91. The lowest BCUT2D eigenvalue weighted by Crippen LogP contribution is -2.42. The number of hydrogen-bond donors (Lipinski definition) is 1. The highest BCUT2D eigenvalue weighted by atomic mass is 32.2. The Kier molecular flexibility index (Phi) is 5.20. The Morgan fingerprint density at radius 2 is 2.23 bits per heavy atom. The number of amides is 1. The standard InChI is InChI=1S/C13H18N2O5S2/c1-2-20-13(17)9-4-3-5-15(7-9)22(18,19)10-6-11(12(14)16)21-8-10/h6,8-9H,2-5,7H2,1H3,(H2,14,16)/t9-/m0/s1. The van der Waals surface area contributed by atoms with E-state index in [0.717, 1.165) is 11.3 Å². The van der Waals surface area contributed by atoms with E-state index in [4.69, 9.17) is 10.5 Å². The highest BCUT2D eigenvalue weighted by Crippen LogP contribution is 2.27. The van der Waals surface area contributed by atoms with Gasteiger partial charge in [-0.15, -0.1) is 11.3 Å². The molecular weight excluding hydrogens is 328 g/mol. The molecule has 1 aromatic heterocycles. The molecule has 0 aromatic carbocycles. The van der Waals surface area contributed by atoms with Crippen LogP contribution in [0, 0.1) is 5.92 Å². The van der Waals surface area contributed by atoms with Gasteiger partial charge < -0.3 is 10.5 Å². The summed E-state index contributed by atoms with van der Waals surface area (Å²) >= 11 is 0.992. The number of sulfonamides is 1. The van der Waals surface area contributed by atoms with Crippen LogP contribution in [0.4, 0.5) is 0 Å². The van der Waals surface area contributed by atoms with Crippen LogP contribution >= 0.6 is 11.3 Å². The van der Waals surface area contributed by atoms with E-state index in [1.807, 2.05) is 0 Å². The molecule has 7 nitrogen and oxygen atoms in total. The van der Waals surface area contributed by atoms with Crippen molar-refractivity contribution in [3.63, 3.8) is 0 Å². The molecule has 0 saturated carbocycles. The molecule has 1 aromatic rings. The highest BCUT2D eigenvalue weighted by molar-refractivity contribution is 7.89. The van der Waals surface area contributed by atoms with E-state index < -0.39 is 21.8 Å². The second-order valence-corrected chi connectivity index (χ2v) is 7.81. The molecule has 122 valence electrons. The second-order valence-electron chi connectivity index (χ2n) is 4.97. The summed E-state index contributed by atoms with van der Waals surface area (Å²) in [5.41, 5.74) is 5.15. The van der Waals surface area contributed by atoms with Gasteiger partial charge in [-0.05, 0) is 25.8 Å². The summed E-state index contributed by atoms with van der Waals surface area (Å²) in [6, 6.07) is 1.27. The molecule has 0 radical (unpaired) electrons. The zero-order valence-electron chi connectivity index (χ0n) is 12.1. The number of esters is 1. The fraction of sp³-hybridized carbons (Fsp3) is 0.538. The van der Waals surface area contributed by atoms with Gasteiger partial charge in [0.1, 0.15) is 0 Å². The third-order valence-electron chi connectivity index (χ3n) is 3.46. The first-order chi connectivity index (χ1) is 10.4. The van der Waals surface area contributed by atoms with Crippen LogP contribution in [0.1, 0.15) is 29.4 Å². The SMILES string of the molecule is CCOC(=O)[C@H]1CCCN(S(=O)(=O)c2csc(C(N)=O)c2)C1. The van der Waals surface area contributed by atoms with Crippen molar-refractivity contribution in [2.75, 3.05) is 19.7 Å². The maximum Gasteiger partial charge on any atom is 0.310 e. The minimum absolute atomic E-state index is 0.0378. The summed E-state index contributed by atoms with van der Waals surface area (Å²) in [4.78, 5) is 23.1. The van der Waals surface area contributed by atoms with Gasteiger partial charge in [-0.2, -0.15) is 4.31 Å². The zero-order valence-corrected chi connectivity index (χ0v) is 13.8. The van der Waals surface area contributed by atoms with Crippen molar-refractivity contribution in [2.45, 2.75) is 24.7 Å². The average Bonchev–Trinajstić information content (AvgIpc) is 2.98. The van der Waals surface area contributed by atoms with E-state index in [2.05, 4.69) is 0 Å². The maximum absolute atomic E-state index is 12.6. The van der Waals surface area contributed by atoms with Crippen molar-refractivity contribution in [1.82, 2.24) is 4.31 Å². The largest absolute Gasteiger partial charge is 0.466 e. The van der Waals surface area contributed by atoms with Crippen molar-refractivity contribution in [2.24, 2.45) is 11.7 Å². The number of ether oxygens (including phenoxy) is 1. The fourth-order valence-corrected chi connectivity index (χ4v) is 4.98. The van der Waals surface area contributed by atoms with Crippen LogP contribution in [0.15, 0.2) is 16.3 Å². The third-order valence-corrected chi connectivity index (χ3v) is 6.40. The Labute approximate surface area is 133 Å². The molecule has 0 aliphatic carbocycles. The fourth-order valence-electron chi connectivity index (χ4n) is 2.35. The molecule has 1 aliphatic rings. The Bertz CT molecular complexity index is 668. The zero-order chi connectivity index (χ0) is 16.3. The first-order valence-corrected chi connectivity index (χ1v) is 9.23. The molecule has 1 saturated heterocycles. The van der Waals surface area contributed by atoms with E-state index in [1.54, 1.807) is 6.92 Å². The van der Waals surface area contributed by atoms with Crippen molar-refractivity contribution in [3.8, 4) is 0 Å². The number of piperidine rings is 1. The summed E-state index contributed by atoms with van der Waals surface area (Å²) in [6.45, 7) is 2.43. The van der Waals surface area contributed by atoms with Gasteiger partial charge in [0.25, 0.3) is 5.91 Å². The summed E-state index contributed by atoms with van der Waals surface area (Å²) in [7, 11) is -3.73. The molecule has 9 heteroatoms. The number of hydrogen-bond acceptors (Lipinski definition) is 6. The van der Waals surface area contributed by atoms with Gasteiger partial charge in [0.15, 0.2) is 0 Å². The van der Waals surface area contributed by atoms with Crippen LogP contribution in [-0.4, -0.2) is 44.3 Å². The van der Waals surface area contributed by atoms with Crippen molar-refractivity contribution in [3.05, 3.63) is 16.3 Å². The molecule has 1 aliphatic heterocycles. The van der Waals surface area contributed by atoms with E-state index in [0.29, 0.717) is 19.4 Å². The number of carbonyl (C=O) groups excluding carboxylic acids is 2. The predicted molar refractivity (Wildman–Crippen MR) is 81.0 cm³/mol. The van der Waals surface area contributed by atoms with Gasteiger partial charge in [0, 0.05) is 18.5 Å². The molecule has 0 unspecified atom stereocenters. The van der Waals surface area contributed by atoms with E-state index in [1.165, 1.54) is 15.8 Å². The number of nitrogens with two attached hydrogens (primary N) is 1. The van der Waals surface area contributed by atoms with E-state index >= 15 is 0 Å². The van der Waals surface area contributed by atoms with Crippen LogP contribution in [0.2, 0.25) is 0 Å². The summed E-state index contributed by atoms with van der Waals surface area (Å²) < 4.78 is 31.4. The highest BCUT2D eigenvalue weighted by Gasteiger charge is 2.34. The Hall–Kier alpha value is -1.45. The van der Waals surface area contributed by atoms with Gasteiger partial charge in [-0.25, -0.2) is 8.42 Å². The molecule has 2 rings (SSSR count). The van der Waals surface area contributed by atoms with Crippen LogP contribution in [0.5, 0.6) is 0 Å². The maximum atomic E-state index is 12.6. The lowest BCUT2D eigenvalue weighted by atomic mass is 10.0. The second kappa shape index (κ2) is 6.76. The topological polar surface area (TPSA) is 107 Å². The molecular formula is C13H18N2O5S2. The van der Waals surface area contributed by atoms with Gasteiger partial charge in [0.2, 0.25) is 10.0 Å². The van der Waals surface area contributed by atoms with E-state index in [9.17, 15) is 18.0 Å². The number of thiophene rings is 1. The quantitative estimate of drug-likeness (QED) is 0.794. The molecule has 1 atom stereocenters. The number of rotatable bonds is 5. The Morgan fingerprint density at radius 3 is 2.82 bits per heavy atom. The third kappa shape index (κ3) is 3.47. The Balaban J connectivity index is 2.17. The van der Waals surface area contributed by atoms with Gasteiger partial charge in [-0.3, -0.25) is 9.59 Å². The first kappa shape index (κ1) is 16.9. The molecule has 2 heterocycles. The monoisotopic (exact) mass is 346 g/mol. The minimum Gasteiger partial charge on any atom is -0.466 e. The smallest absolute Gasteiger partial charge is 0.310 e. The van der Waals surface area contributed by atoms with Crippen LogP contribution < -0.4 is 5.73 Å². The van der Waals surface area contributed by atoms with Crippen molar-refractivity contribution in [1.29, 1.82) is 0 Å². The van der Waals surface area contributed by atoms with Crippen LogP contribution in [0.25, 0.3) is 0 Å². The van der Waals surface area contributed by atoms with Crippen LogP contribution in [-0.2, 0) is 19.6 Å². The summed E-state index contributed by atoms with van der Waals surface area (Å²) in [5.74, 6) is -1.47. The van der Waals surface area contributed by atoms with Crippen LogP contribution in [0.3, 0.4) is 0 Å². The van der Waals surface area contributed by atoms with Gasteiger partial charge in [-0.1, -0.05) is 0 Å². The molecule has 2 N–H and O–H groups in total. The van der Waals surface area contributed by atoms with Gasteiger partial charge in [0.05, 0.1) is 22.3 Å². The molecule has 0 bridgehead atoms. The average molecular weight is 346 g/mol. The lowest BCUT2D eigenvalue weighted by Gasteiger charge is -2.30. The molecule has 0 spiro atoms. The number of nitrogens with zero attached hydrogens (tertiary/aromatic N) is 1. The van der Waals surface area contributed by atoms with Crippen molar-refractivity contribution < 1.29 is 22.7 Å².